The highest BCUT2D eigenvalue weighted by Gasteiger charge is 2.14. The number of aryl methyl sites for hydroxylation is 1. The standard InChI is InChI=1S/C13H10N2O3/c1-7-3-2-4-8-5-9(15-11(7)8)12-14-6-10(18-12)13(16)17/h2-6,15H,1H3,(H,16,17). The van der Waals surface area contributed by atoms with E-state index in [9.17, 15) is 4.79 Å². The zero-order chi connectivity index (χ0) is 12.7. The highest BCUT2D eigenvalue weighted by atomic mass is 16.4. The molecule has 5 heteroatoms. The number of carboxylic acids is 1. The number of carbonyl (C=O) groups is 1. The van der Waals surface area contributed by atoms with Gasteiger partial charge in [0.25, 0.3) is 0 Å². The van der Waals surface area contributed by atoms with Crippen LogP contribution < -0.4 is 0 Å². The van der Waals surface area contributed by atoms with Gasteiger partial charge in [0.2, 0.25) is 11.7 Å². The molecule has 0 saturated carbocycles. The molecule has 0 spiro atoms. The molecule has 0 aliphatic rings. The Morgan fingerprint density at radius 1 is 1.44 bits per heavy atom. The number of oxazole rings is 1. The SMILES string of the molecule is Cc1cccc2cc(-c3ncc(C(=O)O)o3)[nH]c12. The summed E-state index contributed by atoms with van der Waals surface area (Å²) >= 11 is 0. The lowest BCUT2D eigenvalue weighted by atomic mass is 10.2. The lowest BCUT2D eigenvalue weighted by Gasteiger charge is -1.93. The molecule has 0 aliphatic heterocycles. The summed E-state index contributed by atoms with van der Waals surface area (Å²) in [5, 5.41) is 9.83. The number of nitrogens with one attached hydrogen (secondary N) is 1. The van der Waals surface area contributed by atoms with E-state index in [1.165, 1.54) is 6.20 Å². The van der Waals surface area contributed by atoms with Crippen molar-refractivity contribution in [1.29, 1.82) is 0 Å². The third-order valence-electron chi connectivity index (χ3n) is 2.81. The summed E-state index contributed by atoms with van der Waals surface area (Å²) in [5.74, 6) is -1.01. The van der Waals surface area contributed by atoms with Crippen LogP contribution in [0, 0.1) is 6.92 Å². The van der Waals surface area contributed by atoms with Crippen molar-refractivity contribution < 1.29 is 14.3 Å². The average Bonchev–Trinajstić information content (AvgIpc) is 2.95. The Morgan fingerprint density at radius 3 is 2.94 bits per heavy atom. The van der Waals surface area contributed by atoms with Gasteiger partial charge in [-0.15, -0.1) is 0 Å². The van der Waals surface area contributed by atoms with Gasteiger partial charge in [0.15, 0.2) is 0 Å². The monoisotopic (exact) mass is 242 g/mol. The fourth-order valence-corrected chi connectivity index (χ4v) is 1.92. The van der Waals surface area contributed by atoms with E-state index < -0.39 is 5.97 Å². The van der Waals surface area contributed by atoms with Gasteiger partial charge >= 0.3 is 5.97 Å². The van der Waals surface area contributed by atoms with Crippen LogP contribution in [0.25, 0.3) is 22.5 Å². The predicted octanol–water partition coefficient (Wildman–Crippen LogP) is 2.83. The maximum Gasteiger partial charge on any atom is 0.373 e. The highest BCUT2D eigenvalue weighted by Crippen LogP contribution is 2.25. The summed E-state index contributed by atoms with van der Waals surface area (Å²) in [5.41, 5.74) is 2.79. The molecule has 0 saturated heterocycles. The number of para-hydroxylation sites is 1. The number of rotatable bonds is 2. The van der Waals surface area contributed by atoms with Crippen LogP contribution in [0.2, 0.25) is 0 Å². The maximum absolute atomic E-state index is 10.7. The number of aromatic nitrogens is 2. The van der Waals surface area contributed by atoms with E-state index in [1.807, 2.05) is 31.2 Å². The van der Waals surface area contributed by atoms with Crippen LogP contribution in [0.15, 0.2) is 34.9 Å². The van der Waals surface area contributed by atoms with Gasteiger partial charge < -0.3 is 14.5 Å². The molecule has 0 atom stereocenters. The number of fused-ring (bicyclic) bond motifs is 1. The number of hydrogen-bond acceptors (Lipinski definition) is 3. The minimum atomic E-state index is -1.12. The molecule has 0 unspecified atom stereocenters. The molecule has 0 bridgehead atoms. The molecular formula is C13H10N2O3. The molecule has 0 amide bonds. The molecule has 90 valence electrons. The molecule has 2 heterocycles. The Balaban J connectivity index is 2.13. The second kappa shape index (κ2) is 3.73. The molecule has 2 N–H and O–H groups in total. The number of aromatic carboxylic acids is 1. The topological polar surface area (TPSA) is 79.1 Å². The zero-order valence-electron chi connectivity index (χ0n) is 9.60. The lowest BCUT2D eigenvalue weighted by Crippen LogP contribution is -1.91. The third kappa shape index (κ3) is 1.57. The van der Waals surface area contributed by atoms with Gasteiger partial charge in [-0.3, -0.25) is 0 Å². The van der Waals surface area contributed by atoms with Crippen molar-refractivity contribution in [2.45, 2.75) is 6.92 Å². The minimum Gasteiger partial charge on any atom is -0.475 e. The normalized spacial score (nSPS) is 10.9. The molecule has 2 aromatic heterocycles. The Labute approximate surface area is 102 Å². The Hall–Kier alpha value is -2.56. The van der Waals surface area contributed by atoms with Crippen LogP contribution >= 0.6 is 0 Å². The molecule has 18 heavy (non-hydrogen) atoms. The largest absolute Gasteiger partial charge is 0.475 e. The molecule has 0 fully saturated rings. The smallest absolute Gasteiger partial charge is 0.373 e. The van der Waals surface area contributed by atoms with E-state index in [1.54, 1.807) is 0 Å². The highest BCUT2D eigenvalue weighted by molar-refractivity contribution is 5.88. The van der Waals surface area contributed by atoms with Crippen LogP contribution in [-0.4, -0.2) is 21.0 Å². The Morgan fingerprint density at radius 2 is 2.28 bits per heavy atom. The van der Waals surface area contributed by atoms with Gasteiger partial charge in [-0.2, -0.15) is 0 Å². The molecule has 1 aromatic carbocycles. The van der Waals surface area contributed by atoms with Crippen LogP contribution in [0.5, 0.6) is 0 Å². The van der Waals surface area contributed by atoms with Gasteiger partial charge in [-0.05, 0) is 18.6 Å². The number of H-pyrrole nitrogens is 1. The van der Waals surface area contributed by atoms with Gasteiger partial charge in [0.1, 0.15) is 5.69 Å². The average molecular weight is 242 g/mol. The van der Waals surface area contributed by atoms with Crippen LogP contribution in [0.4, 0.5) is 0 Å². The van der Waals surface area contributed by atoms with Crippen LogP contribution in [0.3, 0.4) is 0 Å². The summed E-state index contributed by atoms with van der Waals surface area (Å²) in [7, 11) is 0. The second-order valence-corrected chi connectivity index (χ2v) is 4.06. The van der Waals surface area contributed by atoms with Crippen LogP contribution in [-0.2, 0) is 0 Å². The van der Waals surface area contributed by atoms with Crippen molar-refractivity contribution in [2.75, 3.05) is 0 Å². The Kier molecular flexibility index (Phi) is 2.19. The maximum atomic E-state index is 10.7. The van der Waals surface area contributed by atoms with Crippen molar-refractivity contribution >= 4 is 16.9 Å². The first-order chi connectivity index (χ1) is 8.65. The number of benzene rings is 1. The summed E-state index contributed by atoms with van der Waals surface area (Å²) in [6.45, 7) is 2.00. The summed E-state index contributed by atoms with van der Waals surface area (Å²) in [6, 6.07) is 7.83. The lowest BCUT2D eigenvalue weighted by molar-refractivity contribution is 0.0663. The van der Waals surface area contributed by atoms with E-state index in [0.717, 1.165) is 16.5 Å². The van der Waals surface area contributed by atoms with E-state index >= 15 is 0 Å². The van der Waals surface area contributed by atoms with Gasteiger partial charge in [-0.1, -0.05) is 18.2 Å². The number of hydrogen-bond donors (Lipinski definition) is 2. The van der Waals surface area contributed by atoms with Crippen LogP contribution in [0.1, 0.15) is 16.1 Å². The first-order valence-corrected chi connectivity index (χ1v) is 5.43. The fraction of sp³-hybridized carbons (Fsp3) is 0.0769. The molecular weight excluding hydrogens is 232 g/mol. The van der Waals surface area contributed by atoms with E-state index in [0.29, 0.717) is 5.69 Å². The van der Waals surface area contributed by atoms with Gasteiger partial charge in [-0.25, -0.2) is 9.78 Å². The quantitative estimate of drug-likeness (QED) is 0.724. The first-order valence-electron chi connectivity index (χ1n) is 5.43. The van der Waals surface area contributed by atoms with Crippen molar-refractivity contribution in [1.82, 2.24) is 9.97 Å². The van der Waals surface area contributed by atoms with Gasteiger partial charge in [0.05, 0.1) is 6.20 Å². The van der Waals surface area contributed by atoms with E-state index in [2.05, 4.69) is 9.97 Å². The van der Waals surface area contributed by atoms with Crippen molar-refractivity contribution in [3.8, 4) is 11.6 Å². The number of aromatic amines is 1. The number of carboxylic acid groups (broad SMARTS) is 1. The molecule has 3 rings (SSSR count). The molecule has 0 aliphatic carbocycles. The summed E-state index contributed by atoms with van der Waals surface area (Å²) in [6.07, 6.45) is 1.20. The van der Waals surface area contributed by atoms with E-state index in [-0.39, 0.29) is 11.7 Å². The molecule has 3 aromatic rings. The summed E-state index contributed by atoms with van der Waals surface area (Å²) in [4.78, 5) is 17.9. The fourth-order valence-electron chi connectivity index (χ4n) is 1.92. The zero-order valence-corrected chi connectivity index (χ0v) is 9.60. The van der Waals surface area contributed by atoms with Gasteiger partial charge in [0, 0.05) is 10.9 Å². The van der Waals surface area contributed by atoms with E-state index in [4.69, 9.17) is 9.52 Å². The third-order valence-corrected chi connectivity index (χ3v) is 2.81. The van der Waals surface area contributed by atoms with Crippen molar-refractivity contribution in [3.05, 3.63) is 41.8 Å². The summed E-state index contributed by atoms with van der Waals surface area (Å²) < 4.78 is 5.16. The number of nitrogens with zero attached hydrogens (tertiary/aromatic N) is 1. The minimum absolute atomic E-state index is 0.166. The first kappa shape index (κ1) is 10.6. The Bertz CT molecular complexity index is 740. The van der Waals surface area contributed by atoms with Crippen molar-refractivity contribution in [3.63, 3.8) is 0 Å². The van der Waals surface area contributed by atoms with Crippen molar-refractivity contribution in [2.24, 2.45) is 0 Å². The predicted molar refractivity (Wildman–Crippen MR) is 65.5 cm³/mol. The molecule has 0 radical (unpaired) electrons. The second-order valence-electron chi connectivity index (χ2n) is 4.06. The molecule has 5 nitrogen and oxygen atoms in total.